The topological polar surface area (TPSA) is 0 Å². The van der Waals surface area contributed by atoms with Crippen molar-refractivity contribution in [2.45, 2.75) is 107 Å². The lowest BCUT2D eigenvalue weighted by molar-refractivity contribution is 0.503. The predicted molar refractivity (Wildman–Crippen MR) is 106 cm³/mol. The smallest absolute Gasteiger partial charge is 0.0884 e. The minimum Gasteiger partial charge on any atom is -0.0884 e. The fourth-order valence-corrected chi connectivity index (χ4v) is 4.83. The molecule has 0 amide bonds. The van der Waals surface area contributed by atoms with E-state index < -0.39 is 0 Å². The van der Waals surface area contributed by atoms with Crippen LogP contribution in [0.5, 0.6) is 0 Å². The molecule has 0 N–H and O–H groups in total. The van der Waals surface area contributed by atoms with Gasteiger partial charge in [0.25, 0.3) is 0 Å². The fraction of sp³-hybridized carbons (Fsp3) is 1.00. The first-order chi connectivity index (χ1) is 10.3. The lowest BCUT2D eigenvalue weighted by Gasteiger charge is -2.28. The van der Waals surface area contributed by atoms with Gasteiger partial charge in [-0.2, -0.15) is 0 Å². The standard InChI is InChI=1S/C17H36B4/c18-17(14-10-6-7-11-15-17)20-21-19-16-12-8-4-2-1-3-5-9-13-16/h16,19-21H,1-15,18H2. The van der Waals surface area contributed by atoms with Crippen LogP contribution in [0.1, 0.15) is 96.3 Å². The van der Waals surface area contributed by atoms with Crippen molar-refractivity contribution in [2.75, 3.05) is 0 Å². The van der Waals surface area contributed by atoms with E-state index in [9.17, 15) is 0 Å². The summed E-state index contributed by atoms with van der Waals surface area (Å²) in [6.45, 7) is 0. The van der Waals surface area contributed by atoms with E-state index in [0.717, 1.165) is 5.82 Å². The fourth-order valence-electron chi connectivity index (χ4n) is 4.83. The van der Waals surface area contributed by atoms with Crippen molar-refractivity contribution in [3.63, 3.8) is 0 Å². The third kappa shape index (κ3) is 7.38. The summed E-state index contributed by atoms with van der Waals surface area (Å²) in [6.07, 6.45) is 22.7. The summed E-state index contributed by atoms with van der Waals surface area (Å²) in [5, 5.41) is 0.701. The Kier molecular flexibility index (Phi) is 8.48. The molecular formula is C17H36B4. The van der Waals surface area contributed by atoms with Crippen molar-refractivity contribution < 1.29 is 0 Å². The zero-order chi connectivity index (χ0) is 14.8. The van der Waals surface area contributed by atoms with Gasteiger partial charge in [0.1, 0.15) is 0 Å². The van der Waals surface area contributed by atoms with Crippen LogP contribution in [-0.4, -0.2) is 29.2 Å². The minimum absolute atomic E-state index is 0.701. The van der Waals surface area contributed by atoms with E-state index in [4.69, 9.17) is 0 Å². The molecule has 0 heterocycles. The molecule has 4 heteroatoms. The first-order valence-corrected chi connectivity index (χ1v) is 10.3. The van der Waals surface area contributed by atoms with Gasteiger partial charge in [-0.1, -0.05) is 107 Å². The van der Waals surface area contributed by atoms with Crippen LogP contribution in [0.15, 0.2) is 0 Å². The molecule has 116 valence electrons. The molecule has 0 aromatic heterocycles. The molecule has 0 radical (unpaired) electrons. The van der Waals surface area contributed by atoms with Crippen LogP contribution in [0.2, 0.25) is 11.0 Å². The van der Waals surface area contributed by atoms with E-state index >= 15 is 0 Å². The lowest BCUT2D eigenvalue weighted by Crippen LogP contribution is -2.30. The van der Waals surface area contributed by atoms with Gasteiger partial charge in [-0.05, 0) is 0 Å². The SMILES string of the molecule is BC1(BBBC2CCCCCCCCC2)CCCCCC1. The molecule has 0 unspecified atom stereocenters. The number of hydrogen-bond donors (Lipinski definition) is 0. The Balaban J connectivity index is 1.67. The van der Waals surface area contributed by atoms with Gasteiger partial charge in [0.05, 0.1) is 29.2 Å². The summed E-state index contributed by atoms with van der Waals surface area (Å²) < 4.78 is 0. The molecule has 0 nitrogen and oxygen atoms in total. The van der Waals surface area contributed by atoms with Crippen molar-refractivity contribution in [2.24, 2.45) is 0 Å². The Bertz CT molecular complexity index is 252. The van der Waals surface area contributed by atoms with Crippen LogP contribution in [0.4, 0.5) is 0 Å². The quantitative estimate of drug-likeness (QED) is 0.547. The summed E-state index contributed by atoms with van der Waals surface area (Å²) in [4.78, 5) is 0. The Morgan fingerprint density at radius 3 is 1.71 bits per heavy atom. The molecule has 0 spiro atoms. The van der Waals surface area contributed by atoms with Crippen LogP contribution in [0.25, 0.3) is 0 Å². The summed E-state index contributed by atoms with van der Waals surface area (Å²) in [5.74, 6) is 1.07. The van der Waals surface area contributed by atoms with Gasteiger partial charge in [0, 0.05) is 0 Å². The van der Waals surface area contributed by atoms with E-state index in [1.807, 2.05) is 0 Å². The van der Waals surface area contributed by atoms with Gasteiger partial charge in [-0.25, -0.2) is 0 Å². The molecule has 0 saturated heterocycles. The van der Waals surface area contributed by atoms with Crippen molar-refractivity contribution in [3.8, 4) is 0 Å². The summed E-state index contributed by atoms with van der Waals surface area (Å²) >= 11 is 0. The molecule has 2 aliphatic rings. The van der Waals surface area contributed by atoms with E-state index in [2.05, 4.69) is 7.85 Å². The van der Waals surface area contributed by atoms with Gasteiger partial charge in [-0.3, -0.25) is 0 Å². The Morgan fingerprint density at radius 1 is 0.667 bits per heavy atom. The first kappa shape index (κ1) is 17.6. The number of hydrogen-bond acceptors (Lipinski definition) is 0. The molecule has 2 saturated carbocycles. The van der Waals surface area contributed by atoms with Crippen molar-refractivity contribution in [1.29, 1.82) is 0 Å². The second kappa shape index (κ2) is 10.1. The third-order valence-electron chi connectivity index (χ3n) is 6.43. The Hall–Kier alpha value is 0.260. The molecule has 2 aliphatic carbocycles. The van der Waals surface area contributed by atoms with E-state index in [0.29, 0.717) is 5.21 Å². The maximum atomic E-state index is 2.59. The van der Waals surface area contributed by atoms with E-state index in [1.54, 1.807) is 0 Å². The lowest BCUT2D eigenvalue weighted by atomic mass is 9.09. The monoisotopic (exact) mass is 284 g/mol. The van der Waals surface area contributed by atoms with Crippen molar-refractivity contribution in [3.05, 3.63) is 0 Å². The highest BCUT2D eigenvalue weighted by Crippen LogP contribution is 2.37. The van der Waals surface area contributed by atoms with E-state index in [-0.39, 0.29) is 0 Å². The molecule has 2 rings (SSSR count). The first-order valence-electron chi connectivity index (χ1n) is 10.3. The van der Waals surface area contributed by atoms with Crippen LogP contribution >= 0.6 is 0 Å². The molecule has 0 bridgehead atoms. The molecule has 2 fully saturated rings. The second-order valence-electron chi connectivity index (χ2n) is 8.54. The molecule has 21 heavy (non-hydrogen) atoms. The Morgan fingerprint density at radius 2 is 1.14 bits per heavy atom. The highest BCUT2D eigenvalue weighted by molar-refractivity contribution is 7.31. The van der Waals surface area contributed by atoms with Gasteiger partial charge < -0.3 is 0 Å². The molecule has 0 aromatic rings. The maximum Gasteiger partial charge on any atom is 0.0987 e. The average molecular weight is 284 g/mol. The van der Waals surface area contributed by atoms with Gasteiger partial charge in [0.15, 0.2) is 0 Å². The normalized spacial score (nSPS) is 25.5. The third-order valence-corrected chi connectivity index (χ3v) is 6.43. The van der Waals surface area contributed by atoms with Crippen molar-refractivity contribution >= 4 is 29.2 Å². The molecule has 0 atom stereocenters. The van der Waals surface area contributed by atoms with Gasteiger partial charge in [0.2, 0.25) is 0 Å². The summed E-state index contributed by atoms with van der Waals surface area (Å²) in [6, 6.07) is 0. The van der Waals surface area contributed by atoms with Crippen LogP contribution < -0.4 is 0 Å². The van der Waals surface area contributed by atoms with Crippen molar-refractivity contribution in [1.82, 2.24) is 0 Å². The average Bonchev–Trinajstić information content (AvgIpc) is 2.71. The van der Waals surface area contributed by atoms with Crippen LogP contribution in [-0.2, 0) is 0 Å². The van der Waals surface area contributed by atoms with Gasteiger partial charge >= 0.3 is 0 Å². The zero-order valence-electron chi connectivity index (χ0n) is 14.8. The molecule has 0 aliphatic heterocycles. The number of rotatable bonds is 4. The largest absolute Gasteiger partial charge is 0.0987 e. The summed E-state index contributed by atoms with van der Waals surface area (Å²) in [5.41, 5.74) is 0. The predicted octanol–water partition coefficient (Wildman–Crippen LogP) is 3.54. The van der Waals surface area contributed by atoms with E-state index in [1.165, 1.54) is 118 Å². The highest BCUT2D eigenvalue weighted by Gasteiger charge is 2.26. The van der Waals surface area contributed by atoms with Gasteiger partial charge in [-0.15, -0.1) is 0 Å². The second-order valence-corrected chi connectivity index (χ2v) is 8.54. The maximum absolute atomic E-state index is 2.59. The van der Waals surface area contributed by atoms with Crippen LogP contribution in [0.3, 0.4) is 0 Å². The molecule has 0 aromatic carbocycles. The zero-order valence-corrected chi connectivity index (χ0v) is 14.8. The molecular weight excluding hydrogens is 247 g/mol. The Labute approximate surface area is 137 Å². The summed E-state index contributed by atoms with van der Waals surface area (Å²) in [7, 11) is 7.16. The van der Waals surface area contributed by atoms with Crippen LogP contribution in [0, 0.1) is 0 Å². The minimum atomic E-state index is 0.701. The highest BCUT2D eigenvalue weighted by atomic mass is 14.2.